The molecule has 0 aromatic carbocycles. The molecular weight excluding hydrogens is 214 g/mol. The molecule has 1 saturated heterocycles. The highest BCUT2D eigenvalue weighted by molar-refractivity contribution is 5.29. The molecule has 1 aliphatic rings. The first-order valence-electron chi connectivity index (χ1n) is 6.02. The van der Waals surface area contributed by atoms with Gasteiger partial charge in [-0.25, -0.2) is 4.98 Å². The number of nitriles is 1. The van der Waals surface area contributed by atoms with E-state index in [1.807, 2.05) is 12.1 Å². The van der Waals surface area contributed by atoms with E-state index in [0.717, 1.165) is 25.3 Å². The Labute approximate surface area is 102 Å². The molecule has 1 fully saturated rings. The third kappa shape index (κ3) is 3.52. The van der Waals surface area contributed by atoms with Crippen molar-refractivity contribution in [2.24, 2.45) is 5.92 Å². The van der Waals surface area contributed by atoms with Gasteiger partial charge in [0.25, 0.3) is 0 Å². The van der Waals surface area contributed by atoms with Crippen LogP contribution in [0.1, 0.15) is 24.1 Å². The summed E-state index contributed by atoms with van der Waals surface area (Å²) < 4.78 is 5.68. The van der Waals surface area contributed by atoms with E-state index in [2.05, 4.69) is 16.4 Å². The van der Waals surface area contributed by atoms with Gasteiger partial charge in [-0.3, -0.25) is 0 Å². The van der Waals surface area contributed by atoms with E-state index in [1.54, 1.807) is 6.20 Å². The van der Waals surface area contributed by atoms with Crippen molar-refractivity contribution < 1.29 is 4.74 Å². The van der Waals surface area contributed by atoms with E-state index >= 15 is 0 Å². The number of hydrogen-bond donors (Lipinski definition) is 1. The molecule has 0 amide bonds. The van der Waals surface area contributed by atoms with Crippen molar-refractivity contribution in [3.05, 3.63) is 29.6 Å². The standard InChI is InChI=1S/C13H17N3O/c14-8-13-12(2-1-5-16-13)10-17-9-11-3-6-15-7-4-11/h1-2,5,11,15H,3-4,6-7,9-10H2. The number of pyridine rings is 1. The maximum absolute atomic E-state index is 8.89. The average molecular weight is 231 g/mol. The summed E-state index contributed by atoms with van der Waals surface area (Å²) in [5, 5.41) is 12.2. The monoisotopic (exact) mass is 231 g/mol. The minimum absolute atomic E-state index is 0.470. The molecule has 0 bridgehead atoms. The number of ether oxygens (including phenoxy) is 1. The van der Waals surface area contributed by atoms with Crippen LogP contribution in [0.2, 0.25) is 0 Å². The number of rotatable bonds is 4. The van der Waals surface area contributed by atoms with E-state index in [0.29, 0.717) is 18.2 Å². The number of piperidine rings is 1. The van der Waals surface area contributed by atoms with Crippen LogP contribution < -0.4 is 5.32 Å². The Kier molecular flexibility index (Phi) is 4.48. The van der Waals surface area contributed by atoms with E-state index in [4.69, 9.17) is 10.00 Å². The fourth-order valence-electron chi connectivity index (χ4n) is 2.04. The predicted octanol–water partition coefficient (Wildman–Crippen LogP) is 1.47. The number of nitrogens with zero attached hydrogens (tertiary/aromatic N) is 2. The molecule has 4 nitrogen and oxygen atoms in total. The second kappa shape index (κ2) is 6.33. The maximum Gasteiger partial charge on any atom is 0.145 e. The normalized spacial score (nSPS) is 16.6. The lowest BCUT2D eigenvalue weighted by atomic mass is 9.99. The topological polar surface area (TPSA) is 57.9 Å². The molecule has 0 atom stereocenters. The fourth-order valence-corrected chi connectivity index (χ4v) is 2.04. The summed E-state index contributed by atoms with van der Waals surface area (Å²) in [5.41, 5.74) is 1.35. The van der Waals surface area contributed by atoms with Crippen LogP contribution in [0.3, 0.4) is 0 Å². The largest absolute Gasteiger partial charge is 0.376 e. The minimum atomic E-state index is 0.470. The van der Waals surface area contributed by atoms with Crippen molar-refractivity contribution in [3.63, 3.8) is 0 Å². The van der Waals surface area contributed by atoms with Crippen LogP contribution in [-0.4, -0.2) is 24.7 Å². The summed E-state index contributed by atoms with van der Waals surface area (Å²) in [7, 11) is 0. The molecule has 90 valence electrons. The first-order valence-corrected chi connectivity index (χ1v) is 6.02. The Morgan fingerprint density at radius 1 is 1.47 bits per heavy atom. The molecule has 0 unspecified atom stereocenters. The number of aromatic nitrogens is 1. The summed E-state index contributed by atoms with van der Waals surface area (Å²) in [6.45, 7) is 3.44. The molecule has 2 rings (SSSR count). The Balaban J connectivity index is 1.79. The van der Waals surface area contributed by atoms with Gasteiger partial charge in [-0.1, -0.05) is 6.07 Å². The molecule has 4 heteroatoms. The van der Waals surface area contributed by atoms with Gasteiger partial charge in [0.15, 0.2) is 0 Å². The predicted molar refractivity (Wildman–Crippen MR) is 64.2 cm³/mol. The molecule has 1 aromatic heterocycles. The van der Waals surface area contributed by atoms with Gasteiger partial charge < -0.3 is 10.1 Å². The van der Waals surface area contributed by atoms with Crippen molar-refractivity contribution >= 4 is 0 Å². The van der Waals surface area contributed by atoms with Crippen LogP contribution in [-0.2, 0) is 11.3 Å². The van der Waals surface area contributed by atoms with E-state index in [9.17, 15) is 0 Å². The highest BCUT2D eigenvalue weighted by Crippen LogP contribution is 2.13. The first kappa shape index (κ1) is 12.0. The van der Waals surface area contributed by atoms with Gasteiger partial charge in [0.2, 0.25) is 0 Å². The summed E-state index contributed by atoms with van der Waals surface area (Å²) in [6, 6.07) is 5.82. The van der Waals surface area contributed by atoms with Gasteiger partial charge in [0.1, 0.15) is 11.8 Å². The van der Waals surface area contributed by atoms with Gasteiger partial charge >= 0.3 is 0 Å². The quantitative estimate of drug-likeness (QED) is 0.852. The van der Waals surface area contributed by atoms with Crippen molar-refractivity contribution in [3.8, 4) is 6.07 Å². The number of hydrogen-bond acceptors (Lipinski definition) is 4. The van der Waals surface area contributed by atoms with Gasteiger partial charge in [-0.2, -0.15) is 5.26 Å². The second-order valence-corrected chi connectivity index (χ2v) is 4.33. The third-order valence-corrected chi connectivity index (χ3v) is 3.07. The molecule has 17 heavy (non-hydrogen) atoms. The fraction of sp³-hybridized carbons (Fsp3) is 0.538. The minimum Gasteiger partial charge on any atom is -0.376 e. The van der Waals surface area contributed by atoms with Crippen molar-refractivity contribution in [1.82, 2.24) is 10.3 Å². The molecule has 0 radical (unpaired) electrons. The van der Waals surface area contributed by atoms with Crippen molar-refractivity contribution in [2.45, 2.75) is 19.4 Å². The van der Waals surface area contributed by atoms with Gasteiger partial charge in [-0.05, 0) is 37.9 Å². The highest BCUT2D eigenvalue weighted by Gasteiger charge is 2.13. The van der Waals surface area contributed by atoms with Crippen LogP contribution >= 0.6 is 0 Å². The maximum atomic E-state index is 8.89. The molecular formula is C13H17N3O. The van der Waals surface area contributed by atoms with Gasteiger partial charge in [-0.15, -0.1) is 0 Å². The zero-order chi connectivity index (χ0) is 11.9. The molecule has 1 aromatic rings. The van der Waals surface area contributed by atoms with Crippen LogP contribution in [0, 0.1) is 17.2 Å². The molecule has 0 aliphatic carbocycles. The third-order valence-electron chi connectivity index (χ3n) is 3.07. The summed E-state index contributed by atoms with van der Waals surface area (Å²) in [4.78, 5) is 4.01. The van der Waals surface area contributed by atoms with E-state index in [1.165, 1.54) is 12.8 Å². The van der Waals surface area contributed by atoms with Crippen molar-refractivity contribution in [1.29, 1.82) is 5.26 Å². The van der Waals surface area contributed by atoms with Gasteiger partial charge in [0.05, 0.1) is 6.61 Å². The average Bonchev–Trinajstić information content (AvgIpc) is 2.40. The molecule has 0 saturated carbocycles. The Bertz CT molecular complexity index is 394. The van der Waals surface area contributed by atoms with Crippen LogP contribution in [0.5, 0.6) is 0 Å². The lowest BCUT2D eigenvalue weighted by Gasteiger charge is -2.22. The summed E-state index contributed by atoms with van der Waals surface area (Å²) in [6.07, 6.45) is 3.99. The Morgan fingerprint density at radius 2 is 2.29 bits per heavy atom. The zero-order valence-corrected chi connectivity index (χ0v) is 9.85. The number of nitrogens with one attached hydrogen (secondary N) is 1. The zero-order valence-electron chi connectivity index (χ0n) is 9.85. The first-order chi connectivity index (χ1) is 8.40. The summed E-state index contributed by atoms with van der Waals surface area (Å²) >= 11 is 0. The Hall–Kier alpha value is -1.44. The molecule has 1 N–H and O–H groups in total. The SMILES string of the molecule is N#Cc1ncccc1COCC1CCNCC1. The van der Waals surface area contributed by atoms with Gasteiger partial charge in [0, 0.05) is 18.4 Å². The Morgan fingerprint density at radius 3 is 3.06 bits per heavy atom. The lowest BCUT2D eigenvalue weighted by molar-refractivity contribution is 0.0760. The van der Waals surface area contributed by atoms with E-state index in [-0.39, 0.29) is 0 Å². The van der Waals surface area contributed by atoms with Crippen LogP contribution in [0.25, 0.3) is 0 Å². The van der Waals surface area contributed by atoms with Crippen molar-refractivity contribution in [2.75, 3.05) is 19.7 Å². The molecule has 2 heterocycles. The second-order valence-electron chi connectivity index (χ2n) is 4.33. The summed E-state index contributed by atoms with van der Waals surface area (Å²) in [5.74, 6) is 0.651. The smallest absolute Gasteiger partial charge is 0.145 e. The molecule has 1 aliphatic heterocycles. The van der Waals surface area contributed by atoms with Crippen LogP contribution in [0.15, 0.2) is 18.3 Å². The lowest BCUT2D eigenvalue weighted by Crippen LogP contribution is -2.29. The highest BCUT2D eigenvalue weighted by atomic mass is 16.5. The van der Waals surface area contributed by atoms with E-state index < -0.39 is 0 Å². The van der Waals surface area contributed by atoms with Crippen LogP contribution in [0.4, 0.5) is 0 Å². The molecule has 0 spiro atoms.